The third-order valence-electron chi connectivity index (χ3n) is 4.98. The van der Waals surface area contributed by atoms with E-state index in [4.69, 9.17) is 4.74 Å². The molecule has 1 saturated heterocycles. The minimum atomic E-state index is -0.539. The van der Waals surface area contributed by atoms with Crippen LogP contribution in [-0.2, 0) is 18.3 Å². The summed E-state index contributed by atoms with van der Waals surface area (Å²) in [5.74, 6) is 0.159. The van der Waals surface area contributed by atoms with Crippen LogP contribution in [0.25, 0.3) is 11.2 Å². The van der Waals surface area contributed by atoms with Crippen LogP contribution in [0.4, 0.5) is 10.3 Å². The van der Waals surface area contributed by atoms with E-state index in [-0.39, 0.29) is 35.7 Å². The van der Waals surface area contributed by atoms with Gasteiger partial charge in [-0.05, 0) is 19.9 Å². The molecule has 1 aliphatic rings. The zero-order valence-electron chi connectivity index (χ0n) is 16.0. The maximum atomic E-state index is 14.3. The first-order valence-corrected chi connectivity index (χ1v) is 9.18. The number of nitrogens with zero attached hydrogens (tertiary/aromatic N) is 4. The van der Waals surface area contributed by atoms with Crippen molar-refractivity contribution in [2.24, 2.45) is 7.05 Å². The molecule has 0 bridgehead atoms. The fourth-order valence-corrected chi connectivity index (χ4v) is 3.75. The Bertz CT molecular complexity index is 1140. The predicted octanol–water partition coefficient (Wildman–Crippen LogP) is 1.22. The van der Waals surface area contributed by atoms with E-state index in [2.05, 4.69) is 9.97 Å². The molecule has 1 N–H and O–H groups in total. The van der Waals surface area contributed by atoms with Gasteiger partial charge in [-0.1, -0.05) is 18.2 Å². The van der Waals surface area contributed by atoms with Crippen LogP contribution >= 0.6 is 0 Å². The van der Waals surface area contributed by atoms with Gasteiger partial charge in [0.25, 0.3) is 5.56 Å². The molecule has 3 heterocycles. The highest BCUT2D eigenvalue weighted by molar-refractivity contribution is 5.74. The van der Waals surface area contributed by atoms with Crippen LogP contribution in [0.15, 0.2) is 33.9 Å². The maximum absolute atomic E-state index is 14.3. The number of rotatable bonds is 3. The van der Waals surface area contributed by atoms with Crippen LogP contribution in [0.2, 0.25) is 0 Å². The molecule has 0 saturated carbocycles. The van der Waals surface area contributed by atoms with Crippen LogP contribution in [0.1, 0.15) is 19.4 Å². The second-order valence-corrected chi connectivity index (χ2v) is 7.24. The molecule has 9 heteroatoms. The van der Waals surface area contributed by atoms with Gasteiger partial charge in [0.2, 0.25) is 5.95 Å². The summed E-state index contributed by atoms with van der Waals surface area (Å²) in [4.78, 5) is 33.6. The van der Waals surface area contributed by atoms with Gasteiger partial charge in [-0.25, -0.2) is 9.18 Å². The van der Waals surface area contributed by atoms with E-state index in [1.165, 1.54) is 10.6 Å². The maximum Gasteiger partial charge on any atom is 0.329 e. The number of aromatic nitrogens is 4. The fraction of sp³-hybridized carbons (Fsp3) is 0.421. The topological polar surface area (TPSA) is 85.2 Å². The standard InChI is InChI=1S/C19H22FN5O3/c1-11-8-24(9-12(2)28-11)18-21-16-15(17(26)22-19(27)23(16)3)25(18)10-13-6-4-5-7-14(13)20/h4-7,11-12H,8-10H2,1-3H3,(H,22,26,27)/t11-,12-/m1/s1. The number of hydrogen-bond donors (Lipinski definition) is 1. The molecule has 4 rings (SSSR count). The number of aryl methyl sites for hydroxylation is 1. The lowest BCUT2D eigenvalue weighted by Crippen LogP contribution is -2.46. The summed E-state index contributed by atoms with van der Waals surface area (Å²) in [6.07, 6.45) is -0.0415. The number of fused-ring (bicyclic) bond motifs is 1. The van der Waals surface area contributed by atoms with E-state index >= 15 is 0 Å². The first-order chi connectivity index (χ1) is 13.3. The lowest BCUT2D eigenvalue weighted by atomic mass is 10.2. The molecule has 8 nitrogen and oxygen atoms in total. The Morgan fingerprint density at radius 1 is 1.21 bits per heavy atom. The van der Waals surface area contributed by atoms with E-state index in [1.54, 1.807) is 29.8 Å². The van der Waals surface area contributed by atoms with Crippen molar-refractivity contribution >= 4 is 17.1 Å². The number of H-pyrrole nitrogens is 1. The Labute approximate surface area is 160 Å². The highest BCUT2D eigenvalue weighted by Crippen LogP contribution is 2.25. The molecular formula is C19H22FN5O3. The highest BCUT2D eigenvalue weighted by atomic mass is 19.1. The molecule has 2 aromatic heterocycles. The van der Waals surface area contributed by atoms with Crippen molar-refractivity contribution in [3.05, 3.63) is 56.5 Å². The molecule has 2 atom stereocenters. The van der Waals surface area contributed by atoms with Crippen LogP contribution in [-0.4, -0.2) is 44.4 Å². The second kappa shape index (κ2) is 6.90. The second-order valence-electron chi connectivity index (χ2n) is 7.24. The average Bonchev–Trinajstić information content (AvgIpc) is 3.01. The predicted molar refractivity (Wildman–Crippen MR) is 103 cm³/mol. The first-order valence-electron chi connectivity index (χ1n) is 9.18. The monoisotopic (exact) mass is 387 g/mol. The number of imidazole rings is 1. The number of aromatic amines is 1. The molecule has 1 aromatic carbocycles. The van der Waals surface area contributed by atoms with Crippen molar-refractivity contribution in [1.29, 1.82) is 0 Å². The van der Waals surface area contributed by atoms with Crippen molar-refractivity contribution in [2.45, 2.75) is 32.6 Å². The number of hydrogen-bond acceptors (Lipinski definition) is 5. The zero-order chi connectivity index (χ0) is 20.0. The normalized spacial score (nSPS) is 20.1. The van der Waals surface area contributed by atoms with Crippen molar-refractivity contribution < 1.29 is 9.13 Å². The highest BCUT2D eigenvalue weighted by Gasteiger charge is 2.28. The SMILES string of the molecule is C[C@@H]1CN(c2nc3c(c(=O)[nH]c(=O)n3C)n2Cc2ccccc2F)C[C@@H](C)O1. The third-order valence-corrected chi connectivity index (χ3v) is 4.98. The number of nitrogens with one attached hydrogen (secondary N) is 1. The van der Waals surface area contributed by atoms with Gasteiger partial charge >= 0.3 is 5.69 Å². The molecule has 1 fully saturated rings. The lowest BCUT2D eigenvalue weighted by molar-refractivity contribution is -0.00586. The largest absolute Gasteiger partial charge is 0.372 e. The molecule has 1 aliphatic heterocycles. The van der Waals surface area contributed by atoms with Crippen LogP contribution < -0.4 is 16.1 Å². The zero-order valence-corrected chi connectivity index (χ0v) is 16.0. The number of benzene rings is 1. The molecule has 3 aromatic rings. The Hall–Kier alpha value is -2.94. The van der Waals surface area contributed by atoms with Crippen LogP contribution in [0.5, 0.6) is 0 Å². The Morgan fingerprint density at radius 3 is 2.57 bits per heavy atom. The Morgan fingerprint density at radius 2 is 1.89 bits per heavy atom. The van der Waals surface area contributed by atoms with Gasteiger partial charge in [0, 0.05) is 25.7 Å². The Balaban J connectivity index is 1.94. The number of anilines is 1. The quantitative estimate of drug-likeness (QED) is 0.731. The third kappa shape index (κ3) is 3.11. The molecule has 148 valence electrons. The summed E-state index contributed by atoms with van der Waals surface area (Å²) in [7, 11) is 1.55. The molecule has 0 amide bonds. The molecule has 0 aliphatic carbocycles. The van der Waals surface area contributed by atoms with E-state index in [1.807, 2.05) is 18.7 Å². The van der Waals surface area contributed by atoms with Crippen molar-refractivity contribution in [1.82, 2.24) is 19.1 Å². The van der Waals surface area contributed by atoms with Gasteiger partial charge in [0.1, 0.15) is 5.82 Å². The summed E-state index contributed by atoms with van der Waals surface area (Å²) in [6, 6.07) is 6.42. The number of morpholine rings is 1. The number of halogens is 1. The van der Waals surface area contributed by atoms with E-state index in [0.717, 1.165) is 0 Å². The molecule has 0 radical (unpaired) electrons. The van der Waals surface area contributed by atoms with Crippen molar-refractivity contribution in [3.63, 3.8) is 0 Å². The van der Waals surface area contributed by atoms with E-state index in [9.17, 15) is 14.0 Å². The van der Waals surface area contributed by atoms with Crippen LogP contribution in [0.3, 0.4) is 0 Å². The van der Waals surface area contributed by atoms with Gasteiger partial charge in [-0.2, -0.15) is 4.98 Å². The summed E-state index contributed by atoms with van der Waals surface area (Å²) in [5.41, 5.74) is -0.129. The van der Waals surface area contributed by atoms with Crippen molar-refractivity contribution in [3.8, 4) is 0 Å². The summed E-state index contributed by atoms with van der Waals surface area (Å²) < 4.78 is 23.1. The number of ether oxygens (including phenoxy) is 1. The molecule has 28 heavy (non-hydrogen) atoms. The van der Waals surface area contributed by atoms with Gasteiger partial charge in [0.15, 0.2) is 11.2 Å². The Kier molecular flexibility index (Phi) is 4.54. The van der Waals surface area contributed by atoms with E-state index < -0.39 is 11.2 Å². The van der Waals surface area contributed by atoms with Gasteiger partial charge in [-0.15, -0.1) is 0 Å². The minimum Gasteiger partial charge on any atom is -0.372 e. The van der Waals surface area contributed by atoms with Gasteiger partial charge < -0.3 is 9.64 Å². The summed E-state index contributed by atoms with van der Waals surface area (Å²) >= 11 is 0. The fourth-order valence-electron chi connectivity index (χ4n) is 3.75. The molecule has 0 spiro atoms. The van der Waals surface area contributed by atoms with E-state index in [0.29, 0.717) is 24.6 Å². The van der Waals surface area contributed by atoms with Crippen molar-refractivity contribution in [2.75, 3.05) is 18.0 Å². The van der Waals surface area contributed by atoms with Gasteiger partial charge in [-0.3, -0.25) is 18.9 Å². The first kappa shape index (κ1) is 18.4. The summed E-state index contributed by atoms with van der Waals surface area (Å²) in [5, 5.41) is 0. The smallest absolute Gasteiger partial charge is 0.329 e. The summed E-state index contributed by atoms with van der Waals surface area (Å²) in [6.45, 7) is 5.22. The van der Waals surface area contributed by atoms with Gasteiger partial charge in [0.05, 0.1) is 18.8 Å². The minimum absolute atomic E-state index is 0.0208. The molecule has 0 unspecified atom stereocenters. The van der Waals surface area contributed by atoms with Crippen LogP contribution in [0, 0.1) is 5.82 Å². The molecular weight excluding hydrogens is 365 g/mol. The average molecular weight is 387 g/mol. The lowest BCUT2D eigenvalue weighted by Gasteiger charge is -2.36.